The van der Waals surface area contributed by atoms with Crippen molar-refractivity contribution in [2.75, 3.05) is 14.2 Å². The molecule has 2 N–H and O–H groups in total. The van der Waals surface area contributed by atoms with Gasteiger partial charge in [-0.15, -0.1) is 4.83 Å². The number of benzene rings is 2. The number of carbonyl (C=O) groups is 1. The second-order valence-electron chi connectivity index (χ2n) is 5.43. The Morgan fingerprint density at radius 2 is 1.56 bits per heavy atom. The summed E-state index contributed by atoms with van der Waals surface area (Å²) < 4.78 is 34.9. The van der Waals surface area contributed by atoms with Crippen LogP contribution in [0.3, 0.4) is 0 Å². The van der Waals surface area contributed by atoms with Gasteiger partial charge in [0.25, 0.3) is 15.9 Å². The highest BCUT2D eigenvalue weighted by atomic mass is 32.2. The van der Waals surface area contributed by atoms with E-state index in [1.54, 1.807) is 25.1 Å². The van der Waals surface area contributed by atoms with Gasteiger partial charge >= 0.3 is 0 Å². The first-order chi connectivity index (χ1) is 11.8. The largest absolute Gasteiger partial charge is 0.497 e. The minimum absolute atomic E-state index is 0.0987. The number of methoxy groups -OCH3 is 2. The fourth-order valence-corrected chi connectivity index (χ4v) is 3.35. The van der Waals surface area contributed by atoms with Crippen molar-refractivity contribution >= 4 is 15.9 Å². The number of amides is 1. The molecule has 2 aromatic rings. The SMILES string of the molecule is COc1cc(OC)cc(C(=O)NNS(=O)(=O)c2ccc(C)cc2C)c1. The fourth-order valence-electron chi connectivity index (χ4n) is 2.28. The van der Waals surface area contributed by atoms with Crippen LogP contribution in [-0.4, -0.2) is 28.5 Å². The average molecular weight is 364 g/mol. The Morgan fingerprint density at radius 1 is 0.960 bits per heavy atom. The summed E-state index contributed by atoms with van der Waals surface area (Å²) in [4.78, 5) is 14.4. The molecule has 0 bridgehead atoms. The maximum Gasteiger partial charge on any atom is 0.266 e. The van der Waals surface area contributed by atoms with Crippen LogP contribution in [0.2, 0.25) is 0 Å². The lowest BCUT2D eigenvalue weighted by Crippen LogP contribution is -2.41. The molecule has 0 aliphatic carbocycles. The summed E-state index contributed by atoms with van der Waals surface area (Å²) in [6, 6.07) is 9.50. The van der Waals surface area contributed by atoms with Gasteiger partial charge < -0.3 is 9.47 Å². The number of hydrogen-bond acceptors (Lipinski definition) is 5. The van der Waals surface area contributed by atoms with Crippen molar-refractivity contribution in [3.63, 3.8) is 0 Å². The molecule has 2 aromatic carbocycles. The van der Waals surface area contributed by atoms with Crippen LogP contribution in [0.4, 0.5) is 0 Å². The molecular weight excluding hydrogens is 344 g/mol. The number of aryl methyl sites for hydroxylation is 2. The highest BCUT2D eigenvalue weighted by Crippen LogP contribution is 2.22. The Labute approximate surface area is 147 Å². The van der Waals surface area contributed by atoms with Crippen LogP contribution in [0.1, 0.15) is 21.5 Å². The normalized spacial score (nSPS) is 11.0. The molecule has 0 heterocycles. The van der Waals surface area contributed by atoms with Gasteiger partial charge in [0.15, 0.2) is 0 Å². The zero-order valence-corrected chi connectivity index (χ0v) is 15.2. The third-order valence-corrected chi connectivity index (χ3v) is 4.94. The van der Waals surface area contributed by atoms with E-state index in [1.807, 2.05) is 6.92 Å². The molecule has 134 valence electrons. The Bertz CT molecular complexity index is 872. The molecule has 0 unspecified atom stereocenters. The van der Waals surface area contributed by atoms with E-state index >= 15 is 0 Å². The van der Waals surface area contributed by atoms with Gasteiger partial charge in [-0.3, -0.25) is 10.2 Å². The first-order valence-electron chi connectivity index (χ1n) is 7.39. The zero-order chi connectivity index (χ0) is 18.6. The summed E-state index contributed by atoms with van der Waals surface area (Å²) in [5.41, 5.74) is 3.92. The molecule has 7 nitrogen and oxygen atoms in total. The van der Waals surface area contributed by atoms with E-state index in [-0.39, 0.29) is 10.5 Å². The molecule has 8 heteroatoms. The van der Waals surface area contributed by atoms with E-state index in [0.29, 0.717) is 17.1 Å². The molecule has 0 atom stereocenters. The summed E-state index contributed by atoms with van der Waals surface area (Å²) in [5.74, 6) is 0.203. The van der Waals surface area contributed by atoms with Crippen molar-refractivity contribution in [1.82, 2.24) is 10.3 Å². The summed E-state index contributed by atoms with van der Waals surface area (Å²) in [5, 5.41) is 0. The third-order valence-electron chi connectivity index (χ3n) is 3.53. The Balaban J connectivity index is 2.19. The van der Waals surface area contributed by atoms with Crippen molar-refractivity contribution < 1.29 is 22.7 Å². The minimum atomic E-state index is -3.89. The van der Waals surface area contributed by atoms with Crippen LogP contribution >= 0.6 is 0 Å². The number of hydrazine groups is 1. The predicted octanol–water partition coefficient (Wildman–Crippen LogP) is 1.94. The van der Waals surface area contributed by atoms with Crippen molar-refractivity contribution in [2.24, 2.45) is 0 Å². The van der Waals surface area contributed by atoms with Crippen LogP contribution in [0, 0.1) is 13.8 Å². The summed E-state index contributed by atoms with van der Waals surface area (Å²) in [7, 11) is -0.971. The molecule has 0 aliphatic heterocycles. The minimum Gasteiger partial charge on any atom is -0.497 e. The number of ether oxygens (including phenoxy) is 2. The Morgan fingerprint density at radius 3 is 2.08 bits per heavy atom. The Hall–Kier alpha value is -2.58. The zero-order valence-electron chi connectivity index (χ0n) is 14.4. The lowest BCUT2D eigenvalue weighted by molar-refractivity contribution is 0.0944. The van der Waals surface area contributed by atoms with Crippen molar-refractivity contribution in [1.29, 1.82) is 0 Å². The predicted molar refractivity (Wildman–Crippen MR) is 93.2 cm³/mol. The van der Waals surface area contributed by atoms with Gasteiger partial charge in [0.05, 0.1) is 19.1 Å². The van der Waals surface area contributed by atoms with Crippen molar-refractivity contribution in [2.45, 2.75) is 18.7 Å². The summed E-state index contributed by atoms with van der Waals surface area (Å²) >= 11 is 0. The van der Waals surface area contributed by atoms with Gasteiger partial charge in [-0.2, -0.15) is 0 Å². The number of rotatable bonds is 6. The van der Waals surface area contributed by atoms with E-state index < -0.39 is 15.9 Å². The van der Waals surface area contributed by atoms with E-state index in [0.717, 1.165) is 5.56 Å². The summed E-state index contributed by atoms with van der Waals surface area (Å²) in [6.07, 6.45) is 0. The number of hydrogen-bond donors (Lipinski definition) is 2. The topological polar surface area (TPSA) is 93.7 Å². The van der Waals surface area contributed by atoms with Gasteiger partial charge in [-0.25, -0.2) is 8.42 Å². The smallest absolute Gasteiger partial charge is 0.266 e. The second-order valence-corrected chi connectivity index (χ2v) is 7.08. The molecule has 2 rings (SSSR count). The van der Waals surface area contributed by atoms with E-state index in [4.69, 9.17) is 9.47 Å². The first-order valence-corrected chi connectivity index (χ1v) is 8.87. The quantitative estimate of drug-likeness (QED) is 0.764. The van der Waals surface area contributed by atoms with Crippen LogP contribution in [0.15, 0.2) is 41.3 Å². The van der Waals surface area contributed by atoms with Crippen molar-refractivity contribution in [3.05, 3.63) is 53.1 Å². The maximum atomic E-state index is 12.4. The monoisotopic (exact) mass is 364 g/mol. The molecule has 25 heavy (non-hydrogen) atoms. The van der Waals surface area contributed by atoms with Crippen LogP contribution in [-0.2, 0) is 10.0 Å². The molecule has 0 saturated carbocycles. The molecule has 0 spiro atoms. The van der Waals surface area contributed by atoms with Crippen LogP contribution in [0.25, 0.3) is 0 Å². The number of sulfonamides is 1. The van der Waals surface area contributed by atoms with Gasteiger partial charge in [-0.05, 0) is 37.6 Å². The lowest BCUT2D eigenvalue weighted by Gasteiger charge is -2.12. The van der Waals surface area contributed by atoms with Gasteiger partial charge in [0.1, 0.15) is 11.5 Å². The molecule has 0 fully saturated rings. The standard InChI is InChI=1S/C17H20N2O5S/c1-11-5-6-16(12(2)7-11)25(21,22)19-18-17(20)13-8-14(23-3)10-15(9-13)24-4/h5-10,19H,1-4H3,(H,18,20). The molecule has 0 saturated heterocycles. The van der Waals surface area contributed by atoms with Crippen LogP contribution < -0.4 is 19.7 Å². The van der Waals surface area contributed by atoms with Crippen molar-refractivity contribution in [3.8, 4) is 11.5 Å². The molecule has 1 amide bonds. The highest BCUT2D eigenvalue weighted by Gasteiger charge is 2.18. The highest BCUT2D eigenvalue weighted by molar-refractivity contribution is 7.89. The second kappa shape index (κ2) is 7.54. The molecule has 0 aliphatic rings. The molecular formula is C17H20N2O5S. The Kier molecular flexibility index (Phi) is 5.66. The molecule has 0 aromatic heterocycles. The summed E-state index contributed by atoms with van der Waals surface area (Å²) in [6.45, 7) is 3.56. The van der Waals surface area contributed by atoms with Gasteiger partial charge in [0.2, 0.25) is 0 Å². The third kappa shape index (κ3) is 4.49. The molecule has 0 radical (unpaired) electrons. The number of carbonyl (C=O) groups excluding carboxylic acids is 1. The van der Waals surface area contributed by atoms with Gasteiger partial charge in [-0.1, -0.05) is 17.7 Å². The van der Waals surface area contributed by atoms with E-state index in [1.165, 1.54) is 32.4 Å². The van der Waals surface area contributed by atoms with E-state index in [2.05, 4.69) is 10.3 Å². The first kappa shape index (κ1) is 18.8. The maximum absolute atomic E-state index is 12.4. The average Bonchev–Trinajstić information content (AvgIpc) is 2.58. The number of nitrogens with one attached hydrogen (secondary N) is 2. The van der Waals surface area contributed by atoms with Crippen LogP contribution in [0.5, 0.6) is 11.5 Å². The van der Waals surface area contributed by atoms with E-state index in [9.17, 15) is 13.2 Å². The van der Waals surface area contributed by atoms with Gasteiger partial charge in [0, 0.05) is 11.6 Å². The fraction of sp³-hybridized carbons (Fsp3) is 0.235. The lowest BCUT2D eigenvalue weighted by atomic mass is 10.2.